The topological polar surface area (TPSA) is 93.7 Å². The molecule has 0 aliphatic heterocycles. The molecule has 0 aliphatic carbocycles. The maximum Gasteiger partial charge on any atom is 0.348 e. The van der Waals surface area contributed by atoms with Gasteiger partial charge in [0.15, 0.2) is 0 Å². The first-order valence-electron chi connectivity index (χ1n) is 8.69. The number of esters is 1. The van der Waals surface area contributed by atoms with Crippen molar-refractivity contribution in [3.63, 3.8) is 0 Å². The highest BCUT2D eigenvalue weighted by Crippen LogP contribution is 2.27. The molecule has 0 spiro atoms. The number of carbonyl (C=O) groups excluding carboxylic acids is 1. The number of benzene rings is 1. The van der Waals surface area contributed by atoms with Crippen LogP contribution in [0.5, 0.6) is 11.6 Å². The van der Waals surface area contributed by atoms with Crippen LogP contribution >= 0.6 is 11.6 Å². The Morgan fingerprint density at radius 2 is 2.14 bits per heavy atom. The van der Waals surface area contributed by atoms with E-state index in [0.717, 1.165) is 11.6 Å². The van der Waals surface area contributed by atoms with Gasteiger partial charge in [0, 0.05) is 11.2 Å². The number of hydrogen-bond donors (Lipinski definition) is 0. The van der Waals surface area contributed by atoms with Crippen molar-refractivity contribution in [3.8, 4) is 17.7 Å². The Hall–Kier alpha value is -3.63. The van der Waals surface area contributed by atoms with E-state index in [-0.39, 0.29) is 23.6 Å². The molecule has 0 bridgehead atoms. The fourth-order valence-electron chi connectivity index (χ4n) is 2.57. The third-order valence-corrected chi connectivity index (χ3v) is 4.41. The van der Waals surface area contributed by atoms with Gasteiger partial charge in [-0.25, -0.2) is 4.79 Å². The lowest BCUT2D eigenvalue weighted by Gasteiger charge is -2.11. The molecular weight excluding hydrogens is 394 g/mol. The van der Waals surface area contributed by atoms with Gasteiger partial charge in [-0.15, -0.1) is 0 Å². The van der Waals surface area contributed by atoms with Crippen LogP contribution in [0.3, 0.4) is 0 Å². The average Bonchev–Trinajstić information content (AvgIpc) is 2.71. The molecule has 0 radical (unpaired) electrons. The summed E-state index contributed by atoms with van der Waals surface area (Å²) in [6.45, 7) is 3.53. The molecule has 146 valence electrons. The number of aryl methyl sites for hydroxylation is 1. The summed E-state index contributed by atoms with van der Waals surface area (Å²) in [7, 11) is 0. The zero-order valence-electron chi connectivity index (χ0n) is 15.7. The van der Waals surface area contributed by atoms with Gasteiger partial charge in [0.2, 0.25) is 5.88 Å². The van der Waals surface area contributed by atoms with E-state index in [2.05, 4.69) is 4.98 Å². The van der Waals surface area contributed by atoms with Crippen LogP contribution in [0.2, 0.25) is 5.02 Å². The van der Waals surface area contributed by atoms with Crippen LogP contribution in [-0.4, -0.2) is 22.0 Å². The highest BCUT2D eigenvalue weighted by molar-refractivity contribution is 6.31. The predicted octanol–water partition coefficient (Wildman–Crippen LogP) is 3.92. The van der Waals surface area contributed by atoms with Gasteiger partial charge in [0.05, 0.1) is 6.61 Å². The SMILES string of the molecule is CCOC(=O)C(C#N)=Cc1c(Oc2ccc(Cl)c(C)c2)nc2ccccn2c1=O. The molecule has 0 fully saturated rings. The Bertz CT molecular complexity index is 1220. The van der Waals surface area contributed by atoms with E-state index in [1.807, 2.05) is 6.92 Å². The Kier molecular flexibility index (Phi) is 5.96. The molecule has 3 aromatic rings. The van der Waals surface area contributed by atoms with Crippen molar-refractivity contribution in [3.05, 3.63) is 74.7 Å². The summed E-state index contributed by atoms with van der Waals surface area (Å²) in [4.78, 5) is 29.4. The number of nitriles is 1. The summed E-state index contributed by atoms with van der Waals surface area (Å²) in [5.41, 5.74) is 0.256. The highest BCUT2D eigenvalue weighted by atomic mass is 35.5. The van der Waals surface area contributed by atoms with Crippen molar-refractivity contribution in [1.82, 2.24) is 9.38 Å². The molecule has 7 nitrogen and oxygen atoms in total. The minimum atomic E-state index is -0.833. The summed E-state index contributed by atoms with van der Waals surface area (Å²) < 4.78 is 12.0. The number of pyridine rings is 1. The normalized spacial score (nSPS) is 11.2. The smallest absolute Gasteiger partial charge is 0.348 e. The summed E-state index contributed by atoms with van der Waals surface area (Å²) in [6, 6.07) is 11.8. The van der Waals surface area contributed by atoms with Gasteiger partial charge in [-0.1, -0.05) is 17.7 Å². The Morgan fingerprint density at radius 1 is 1.34 bits per heavy atom. The Labute approximate surface area is 171 Å². The van der Waals surface area contributed by atoms with Crippen LogP contribution in [0.25, 0.3) is 11.7 Å². The maximum absolute atomic E-state index is 13.0. The van der Waals surface area contributed by atoms with Crippen molar-refractivity contribution in [2.45, 2.75) is 13.8 Å². The molecule has 0 saturated carbocycles. The second-order valence-corrected chi connectivity index (χ2v) is 6.38. The van der Waals surface area contributed by atoms with Gasteiger partial charge < -0.3 is 9.47 Å². The number of aromatic nitrogens is 2. The Balaban J connectivity index is 2.20. The molecule has 29 heavy (non-hydrogen) atoms. The van der Waals surface area contributed by atoms with E-state index in [1.54, 1.807) is 49.4 Å². The molecule has 0 N–H and O–H groups in total. The number of carbonyl (C=O) groups is 1. The number of nitrogens with zero attached hydrogens (tertiary/aromatic N) is 3. The summed E-state index contributed by atoms with van der Waals surface area (Å²) >= 11 is 6.05. The molecule has 8 heteroatoms. The molecule has 2 heterocycles. The molecule has 0 amide bonds. The summed E-state index contributed by atoms with van der Waals surface area (Å²) in [5, 5.41) is 9.90. The molecule has 0 atom stereocenters. The van der Waals surface area contributed by atoms with Gasteiger partial charge in [-0.05, 0) is 55.8 Å². The van der Waals surface area contributed by atoms with E-state index in [0.29, 0.717) is 16.4 Å². The molecule has 1 aromatic carbocycles. The van der Waals surface area contributed by atoms with Gasteiger partial charge in [-0.2, -0.15) is 10.2 Å². The monoisotopic (exact) mass is 409 g/mol. The molecule has 0 aliphatic rings. The molecule has 2 aromatic heterocycles. The molecule has 0 saturated heterocycles. The van der Waals surface area contributed by atoms with Crippen molar-refractivity contribution >= 4 is 29.3 Å². The summed E-state index contributed by atoms with van der Waals surface area (Å²) in [6.07, 6.45) is 2.67. The number of rotatable bonds is 5. The first kappa shape index (κ1) is 20.1. The predicted molar refractivity (Wildman–Crippen MR) is 108 cm³/mol. The second kappa shape index (κ2) is 8.59. The zero-order chi connectivity index (χ0) is 21.0. The van der Waals surface area contributed by atoms with E-state index in [4.69, 9.17) is 21.1 Å². The standard InChI is InChI=1S/C21H16ClN3O4/c1-3-28-21(27)14(12-23)11-16-19(29-15-7-8-17(22)13(2)10-15)24-18-6-4-5-9-25(18)20(16)26/h4-11H,3H2,1-2H3. The molecular formula is C21H16ClN3O4. The van der Waals surface area contributed by atoms with Crippen LogP contribution in [0.15, 0.2) is 53.0 Å². The van der Waals surface area contributed by atoms with Crippen molar-refractivity contribution in [2.24, 2.45) is 0 Å². The minimum absolute atomic E-state index is 0.0417. The van der Waals surface area contributed by atoms with Crippen LogP contribution < -0.4 is 10.3 Å². The van der Waals surface area contributed by atoms with Gasteiger partial charge in [0.25, 0.3) is 5.56 Å². The fourth-order valence-corrected chi connectivity index (χ4v) is 2.68. The minimum Gasteiger partial charge on any atom is -0.462 e. The van der Waals surface area contributed by atoms with Crippen molar-refractivity contribution in [1.29, 1.82) is 5.26 Å². The van der Waals surface area contributed by atoms with E-state index >= 15 is 0 Å². The van der Waals surface area contributed by atoms with Crippen molar-refractivity contribution in [2.75, 3.05) is 6.61 Å². The van der Waals surface area contributed by atoms with Crippen LogP contribution in [0, 0.1) is 18.3 Å². The highest BCUT2D eigenvalue weighted by Gasteiger charge is 2.18. The van der Waals surface area contributed by atoms with Crippen molar-refractivity contribution < 1.29 is 14.3 Å². The number of fused-ring (bicyclic) bond motifs is 1. The van der Waals surface area contributed by atoms with Gasteiger partial charge in [0.1, 0.15) is 28.6 Å². The molecule has 3 rings (SSSR count). The summed E-state index contributed by atoms with van der Waals surface area (Å²) in [5.74, 6) is -0.468. The van der Waals surface area contributed by atoms with E-state index in [9.17, 15) is 14.9 Å². The first-order chi connectivity index (χ1) is 13.9. The lowest BCUT2D eigenvalue weighted by atomic mass is 10.2. The zero-order valence-corrected chi connectivity index (χ0v) is 16.4. The van der Waals surface area contributed by atoms with Crippen LogP contribution in [0.4, 0.5) is 0 Å². The van der Waals surface area contributed by atoms with E-state index < -0.39 is 11.5 Å². The van der Waals surface area contributed by atoms with Gasteiger partial charge >= 0.3 is 5.97 Å². The first-order valence-corrected chi connectivity index (χ1v) is 9.06. The lowest BCUT2D eigenvalue weighted by molar-refractivity contribution is -0.137. The maximum atomic E-state index is 13.0. The third kappa shape index (κ3) is 4.28. The van der Waals surface area contributed by atoms with Crippen LogP contribution in [-0.2, 0) is 9.53 Å². The third-order valence-electron chi connectivity index (χ3n) is 3.98. The van der Waals surface area contributed by atoms with E-state index in [1.165, 1.54) is 10.6 Å². The fraction of sp³-hybridized carbons (Fsp3) is 0.143. The number of halogens is 1. The number of hydrogen-bond acceptors (Lipinski definition) is 6. The lowest BCUT2D eigenvalue weighted by Crippen LogP contribution is -2.19. The second-order valence-electron chi connectivity index (χ2n) is 5.97. The quantitative estimate of drug-likeness (QED) is 0.360. The average molecular weight is 410 g/mol. The number of ether oxygens (including phenoxy) is 2. The van der Waals surface area contributed by atoms with Gasteiger partial charge in [-0.3, -0.25) is 9.20 Å². The largest absolute Gasteiger partial charge is 0.462 e. The molecule has 0 unspecified atom stereocenters. The van der Waals surface area contributed by atoms with Crippen LogP contribution in [0.1, 0.15) is 18.1 Å². The Morgan fingerprint density at radius 3 is 2.83 bits per heavy atom.